The van der Waals surface area contributed by atoms with Crippen LogP contribution in [0.15, 0.2) is 48.7 Å². The third kappa shape index (κ3) is 2.41. The number of carbonyl (C=O) groups excluding carboxylic acids is 2. The number of benzene rings is 1. The topological polar surface area (TPSA) is 77.5 Å². The minimum Gasteiger partial charge on any atom is -0.324 e. The highest BCUT2D eigenvalue weighted by Crippen LogP contribution is 2.20. The first-order chi connectivity index (χ1) is 10.6. The quantitative estimate of drug-likeness (QED) is 0.750. The molecule has 3 aromatic rings. The summed E-state index contributed by atoms with van der Waals surface area (Å²) in [5.74, 6) is -0.470. The van der Waals surface area contributed by atoms with E-state index in [0.717, 1.165) is 0 Å². The Labute approximate surface area is 131 Å². The number of hydrogen-bond acceptors (Lipinski definition) is 4. The molecular formula is C16H12ClN3O2. The summed E-state index contributed by atoms with van der Waals surface area (Å²) in [6.07, 6.45) is 1.56. The second-order valence-corrected chi connectivity index (χ2v) is 5.16. The molecule has 0 unspecified atom stereocenters. The smallest absolute Gasteiger partial charge is 0.211 e. The highest BCUT2D eigenvalue weighted by atomic mass is 35.5. The number of rotatable bonds is 4. The van der Waals surface area contributed by atoms with Gasteiger partial charge in [0.2, 0.25) is 5.78 Å². The van der Waals surface area contributed by atoms with Crippen LogP contribution in [0.5, 0.6) is 0 Å². The molecule has 0 bridgehead atoms. The van der Waals surface area contributed by atoms with Crippen molar-refractivity contribution in [3.63, 3.8) is 0 Å². The second kappa shape index (κ2) is 5.71. The molecule has 2 aromatic heterocycles. The van der Waals surface area contributed by atoms with Crippen LogP contribution in [0.25, 0.3) is 5.52 Å². The summed E-state index contributed by atoms with van der Waals surface area (Å²) in [4.78, 5) is 24.6. The van der Waals surface area contributed by atoms with Gasteiger partial charge in [0.15, 0.2) is 5.78 Å². The molecule has 3 rings (SSSR count). The van der Waals surface area contributed by atoms with Gasteiger partial charge >= 0.3 is 0 Å². The summed E-state index contributed by atoms with van der Waals surface area (Å²) in [6.45, 7) is -0.122. The van der Waals surface area contributed by atoms with Crippen LogP contribution in [0.4, 0.5) is 0 Å². The predicted molar refractivity (Wildman–Crippen MR) is 83.5 cm³/mol. The van der Waals surface area contributed by atoms with Gasteiger partial charge in [-0.25, -0.2) is 4.52 Å². The van der Waals surface area contributed by atoms with Crippen molar-refractivity contribution in [1.82, 2.24) is 9.61 Å². The van der Waals surface area contributed by atoms with Gasteiger partial charge in [-0.1, -0.05) is 11.6 Å². The first kappa shape index (κ1) is 14.4. The monoisotopic (exact) mass is 313 g/mol. The number of fused-ring (bicyclic) bond motifs is 1. The van der Waals surface area contributed by atoms with Crippen molar-refractivity contribution in [1.29, 1.82) is 0 Å². The van der Waals surface area contributed by atoms with Crippen molar-refractivity contribution in [2.75, 3.05) is 6.54 Å². The van der Waals surface area contributed by atoms with Crippen LogP contribution in [0, 0.1) is 0 Å². The molecule has 22 heavy (non-hydrogen) atoms. The van der Waals surface area contributed by atoms with Crippen LogP contribution in [-0.4, -0.2) is 27.7 Å². The van der Waals surface area contributed by atoms with E-state index in [1.165, 1.54) is 10.6 Å². The minimum atomic E-state index is -0.236. The molecule has 0 radical (unpaired) electrons. The van der Waals surface area contributed by atoms with E-state index in [0.29, 0.717) is 27.4 Å². The molecule has 0 fully saturated rings. The van der Waals surface area contributed by atoms with Crippen LogP contribution in [-0.2, 0) is 0 Å². The van der Waals surface area contributed by atoms with Crippen molar-refractivity contribution < 1.29 is 9.59 Å². The summed E-state index contributed by atoms with van der Waals surface area (Å²) < 4.78 is 1.46. The van der Waals surface area contributed by atoms with Gasteiger partial charge in [0.25, 0.3) is 0 Å². The number of nitrogens with two attached hydrogens (primary N) is 1. The van der Waals surface area contributed by atoms with Crippen LogP contribution in [0.3, 0.4) is 0 Å². The Kier molecular flexibility index (Phi) is 3.75. The zero-order chi connectivity index (χ0) is 15.7. The Balaban J connectivity index is 2.16. The zero-order valence-electron chi connectivity index (χ0n) is 11.5. The van der Waals surface area contributed by atoms with E-state index in [4.69, 9.17) is 17.3 Å². The van der Waals surface area contributed by atoms with Gasteiger partial charge in [0, 0.05) is 22.3 Å². The summed E-state index contributed by atoms with van der Waals surface area (Å²) in [6, 6.07) is 11.5. The lowest BCUT2D eigenvalue weighted by Gasteiger charge is -2.01. The van der Waals surface area contributed by atoms with E-state index in [-0.39, 0.29) is 18.1 Å². The van der Waals surface area contributed by atoms with E-state index in [1.807, 2.05) is 0 Å². The maximum Gasteiger partial charge on any atom is 0.211 e. The Morgan fingerprint density at radius 3 is 2.59 bits per heavy atom. The lowest BCUT2D eigenvalue weighted by molar-refractivity contribution is 0.100. The van der Waals surface area contributed by atoms with E-state index in [2.05, 4.69) is 5.10 Å². The van der Waals surface area contributed by atoms with Gasteiger partial charge in [0.05, 0.1) is 12.1 Å². The van der Waals surface area contributed by atoms with E-state index in [1.54, 1.807) is 42.6 Å². The van der Waals surface area contributed by atoms with E-state index >= 15 is 0 Å². The predicted octanol–water partition coefficient (Wildman–Crippen LogP) is 2.36. The fraction of sp³-hybridized carbons (Fsp3) is 0.0625. The first-order valence-corrected chi connectivity index (χ1v) is 7.00. The second-order valence-electron chi connectivity index (χ2n) is 4.73. The maximum absolute atomic E-state index is 12.6. The van der Waals surface area contributed by atoms with Crippen molar-refractivity contribution in [2.24, 2.45) is 5.73 Å². The molecule has 2 heterocycles. The normalized spacial score (nSPS) is 10.8. The molecular weight excluding hydrogens is 302 g/mol. The molecule has 110 valence electrons. The molecule has 0 aliphatic carbocycles. The Morgan fingerprint density at radius 1 is 1.18 bits per heavy atom. The van der Waals surface area contributed by atoms with E-state index in [9.17, 15) is 9.59 Å². The Hall–Kier alpha value is -2.50. The first-order valence-electron chi connectivity index (χ1n) is 6.62. The largest absolute Gasteiger partial charge is 0.324 e. The van der Waals surface area contributed by atoms with Gasteiger partial charge in [-0.15, -0.1) is 0 Å². The summed E-state index contributed by atoms with van der Waals surface area (Å²) in [5.41, 5.74) is 7.18. The average Bonchev–Trinajstić information content (AvgIpc) is 2.94. The molecule has 0 aliphatic rings. The van der Waals surface area contributed by atoms with Gasteiger partial charge in [0.1, 0.15) is 5.69 Å². The molecule has 6 heteroatoms. The van der Waals surface area contributed by atoms with Crippen molar-refractivity contribution >= 4 is 28.7 Å². The van der Waals surface area contributed by atoms with Crippen molar-refractivity contribution in [3.8, 4) is 0 Å². The molecule has 0 atom stereocenters. The van der Waals surface area contributed by atoms with Crippen LogP contribution in [0.1, 0.15) is 26.4 Å². The number of hydrogen-bond donors (Lipinski definition) is 1. The van der Waals surface area contributed by atoms with E-state index < -0.39 is 0 Å². The molecule has 5 nitrogen and oxygen atoms in total. The maximum atomic E-state index is 12.6. The number of aromatic nitrogens is 2. The number of halogens is 1. The molecule has 0 spiro atoms. The van der Waals surface area contributed by atoms with Gasteiger partial charge in [-0.05, 0) is 42.5 Å². The average molecular weight is 314 g/mol. The third-order valence-corrected chi connectivity index (χ3v) is 3.61. The molecule has 0 saturated heterocycles. The summed E-state index contributed by atoms with van der Waals surface area (Å²) in [5, 5.41) is 4.71. The summed E-state index contributed by atoms with van der Waals surface area (Å²) in [7, 11) is 0. The SMILES string of the molecule is NCC(=O)c1cc(C(=O)c2ccc(Cl)cc2)n2ncccc12. The number of ketones is 2. The standard InChI is InChI=1S/C16H12ClN3O2/c17-11-5-3-10(4-6-11)16(22)14-8-12(15(21)9-18)13-2-1-7-19-20(13)14/h1-8H,9,18H2. The van der Waals surface area contributed by atoms with Gasteiger partial charge < -0.3 is 5.73 Å². The molecule has 0 aliphatic heterocycles. The highest BCUT2D eigenvalue weighted by molar-refractivity contribution is 6.30. The summed E-state index contributed by atoms with van der Waals surface area (Å²) >= 11 is 5.83. The van der Waals surface area contributed by atoms with Crippen LogP contribution < -0.4 is 5.73 Å². The lowest BCUT2D eigenvalue weighted by Crippen LogP contribution is -2.13. The number of carbonyl (C=O) groups is 2. The zero-order valence-corrected chi connectivity index (χ0v) is 12.2. The fourth-order valence-corrected chi connectivity index (χ4v) is 2.41. The molecule has 0 amide bonds. The van der Waals surface area contributed by atoms with Crippen LogP contribution in [0.2, 0.25) is 5.02 Å². The molecule has 2 N–H and O–H groups in total. The third-order valence-electron chi connectivity index (χ3n) is 3.36. The Bertz CT molecular complexity index is 869. The highest BCUT2D eigenvalue weighted by Gasteiger charge is 2.20. The van der Waals surface area contributed by atoms with Crippen molar-refractivity contribution in [2.45, 2.75) is 0 Å². The van der Waals surface area contributed by atoms with Crippen LogP contribution >= 0.6 is 11.6 Å². The molecule has 0 saturated carbocycles. The van der Waals surface area contributed by atoms with Gasteiger partial charge in [-0.2, -0.15) is 5.10 Å². The van der Waals surface area contributed by atoms with Crippen molar-refractivity contribution in [3.05, 3.63) is 70.5 Å². The minimum absolute atomic E-state index is 0.122. The number of Topliss-reactive ketones (excluding diaryl/α,β-unsaturated/α-hetero) is 1. The molecule has 1 aromatic carbocycles. The van der Waals surface area contributed by atoms with Gasteiger partial charge in [-0.3, -0.25) is 9.59 Å². The lowest BCUT2D eigenvalue weighted by atomic mass is 10.1. The number of nitrogens with zero attached hydrogens (tertiary/aromatic N) is 2. The fourth-order valence-electron chi connectivity index (χ4n) is 2.28. The Morgan fingerprint density at radius 2 is 1.91 bits per heavy atom.